The normalized spacial score (nSPS) is 14.3. The standard InChI is InChI=1S/C15H14N4O4/c1-8-2-5-11-10(6-8)19(15(21)22-11)7-12-17-14(23-18-12)13(20)16-9-3-4-9/h2,5-6,9H,3-4,7H2,1H3,(H,16,20). The average molecular weight is 314 g/mol. The number of nitrogens with one attached hydrogen (secondary N) is 1. The van der Waals surface area contributed by atoms with Gasteiger partial charge < -0.3 is 14.3 Å². The van der Waals surface area contributed by atoms with Crippen molar-refractivity contribution in [3.05, 3.63) is 46.0 Å². The molecule has 1 fully saturated rings. The van der Waals surface area contributed by atoms with E-state index in [9.17, 15) is 9.59 Å². The van der Waals surface area contributed by atoms with E-state index in [1.54, 1.807) is 6.07 Å². The first-order valence-corrected chi connectivity index (χ1v) is 7.33. The minimum atomic E-state index is -0.501. The van der Waals surface area contributed by atoms with Gasteiger partial charge in [0.15, 0.2) is 11.4 Å². The lowest BCUT2D eigenvalue weighted by Crippen LogP contribution is -2.25. The highest BCUT2D eigenvalue weighted by Crippen LogP contribution is 2.19. The first kappa shape index (κ1) is 13.7. The summed E-state index contributed by atoms with van der Waals surface area (Å²) in [5.74, 6) is -0.730. The van der Waals surface area contributed by atoms with E-state index in [0.717, 1.165) is 18.4 Å². The van der Waals surface area contributed by atoms with Crippen LogP contribution in [0.15, 0.2) is 31.9 Å². The molecule has 4 rings (SSSR count). The molecular weight excluding hydrogens is 300 g/mol. The number of oxazole rings is 1. The Hall–Kier alpha value is -2.90. The maximum absolute atomic E-state index is 12.0. The van der Waals surface area contributed by atoms with Crippen molar-refractivity contribution in [1.82, 2.24) is 20.0 Å². The number of rotatable bonds is 4. The molecule has 0 radical (unpaired) electrons. The minimum Gasteiger partial charge on any atom is -0.408 e. The Bertz CT molecular complexity index is 948. The van der Waals surface area contributed by atoms with E-state index >= 15 is 0 Å². The van der Waals surface area contributed by atoms with Crippen molar-refractivity contribution in [1.29, 1.82) is 0 Å². The molecule has 118 valence electrons. The summed E-state index contributed by atoms with van der Waals surface area (Å²) in [6, 6.07) is 5.67. The first-order valence-electron chi connectivity index (χ1n) is 7.33. The van der Waals surface area contributed by atoms with Crippen molar-refractivity contribution in [3.63, 3.8) is 0 Å². The second kappa shape index (κ2) is 5.08. The molecule has 1 saturated carbocycles. The topological polar surface area (TPSA) is 103 Å². The van der Waals surface area contributed by atoms with E-state index in [2.05, 4.69) is 15.5 Å². The monoisotopic (exact) mass is 314 g/mol. The fraction of sp³-hybridized carbons (Fsp3) is 0.333. The van der Waals surface area contributed by atoms with Crippen molar-refractivity contribution in [2.24, 2.45) is 0 Å². The van der Waals surface area contributed by atoms with Gasteiger partial charge in [0, 0.05) is 6.04 Å². The summed E-state index contributed by atoms with van der Waals surface area (Å²) in [6.45, 7) is 2.01. The summed E-state index contributed by atoms with van der Waals surface area (Å²) in [6.07, 6.45) is 1.95. The Morgan fingerprint density at radius 2 is 2.26 bits per heavy atom. The van der Waals surface area contributed by atoms with Crippen LogP contribution in [0, 0.1) is 6.92 Å². The van der Waals surface area contributed by atoms with Crippen molar-refractivity contribution in [2.75, 3.05) is 0 Å². The van der Waals surface area contributed by atoms with Crippen LogP contribution in [0.1, 0.15) is 34.9 Å². The number of carbonyl (C=O) groups is 1. The molecule has 2 heterocycles. The van der Waals surface area contributed by atoms with Gasteiger partial charge >= 0.3 is 17.6 Å². The van der Waals surface area contributed by atoms with Crippen LogP contribution < -0.4 is 11.1 Å². The highest BCUT2D eigenvalue weighted by Gasteiger charge is 2.26. The van der Waals surface area contributed by atoms with E-state index < -0.39 is 5.76 Å². The molecular formula is C15H14N4O4. The highest BCUT2D eigenvalue weighted by atomic mass is 16.5. The number of fused-ring (bicyclic) bond motifs is 1. The lowest BCUT2D eigenvalue weighted by molar-refractivity contribution is 0.0907. The summed E-state index contributed by atoms with van der Waals surface area (Å²) >= 11 is 0. The molecule has 0 saturated heterocycles. The van der Waals surface area contributed by atoms with Crippen LogP contribution in [-0.4, -0.2) is 26.7 Å². The Morgan fingerprint density at radius 3 is 3.04 bits per heavy atom. The van der Waals surface area contributed by atoms with Crippen molar-refractivity contribution in [3.8, 4) is 0 Å². The third-order valence-electron chi connectivity index (χ3n) is 3.70. The molecule has 8 heteroatoms. The number of hydrogen-bond donors (Lipinski definition) is 1. The number of hydrogen-bond acceptors (Lipinski definition) is 6. The molecule has 0 atom stereocenters. The highest BCUT2D eigenvalue weighted by molar-refractivity contribution is 5.89. The number of aromatic nitrogens is 3. The van der Waals surface area contributed by atoms with Crippen molar-refractivity contribution in [2.45, 2.75) is 32.4 Å². The molecule has 1 N–H and O–H groups in total. The van der Waals surface area contributed by atoms with Crippen LogP contribution in [-0.2, 0) is 6.54 Å². The van der Waals surface area contributed by atoms with Crippen molar-refractivity contribution < 1.29 is 13.7 Å². The molecule has 0 bridgehead atoms. The van der Waals surface area contributed by atoms with Gasteiger partial charge in [0.2, 0.25) is 0 Å². The quantitative estimate of drug-likeness (QED) is 0.777. The minimum absolute atomic E-state index is 0.0789. The SMILES string of the molecule is Cc1ccc2oc(=O)n(Cc3noc(C(=O)NC4CC4)n3)c2c1. The van der Waals surface area contributed by atoms with Gasteiger partial charge in [0.05, 0.1) is 12.1 Å². The smallest absolute Gasteiger partial charge is 0.408 e. The molecule has 0 unspecified atom stereocenters. The number of nitrogens with zero attached hydrogens (tertiary/aromatic N) is 3. The third kappa shape index (κ3) is 2.63. The summed E-state index contributed by atoms with van der Waals surface area (Å²) in [7, 11) is 0. The van der Waals surface area contributed by atoms with Gasteiger partial charge in [-0.1, -0.05) is 11.2 Å². The van der Waals surface area contributed by atoms with E-state index in [1.165, 1.54) is 4.57 Å². The van der Waals surface area contributed by atoms with Crippen LogP contribution in [0.4, 0.5) is 0 Å². The third-order valence-corrected chi connectivity index (χ3v) is 3.70. The molecule has 23 heavy (non-hydrogen) atoms. The number of benzene rings is 1. The van der Waals surface area contributed by atoms with Crippen molar-refractivity contribution >= 4 is 17.0 Å². The van der Waals surface area contributed by atoms with Gasteiger partial charge in [-0.3, -0.25) is 9.36 Å². The number of carbonyl (C=O) groups excluding carboxylic acids is 1. The van der Waals surface area contributed by atoms with E-state index in [4.69, 9.17) is 8.94 Å². The Labute approximate surface area is 130 Å². The molecule has 0 aliphatic heterocycles. The van der Waals surface area contributed by atoms with E-state index in [1.807, 2.05) is 19.1 Å². The molecule has 2 aromatic heterocycles. The molecule has 1 aromatic carbocycles. The molecule has 0 spiro atoms. The van der Waals surface area contributed by atoms with Gasteiger partial charge in [-0.05, 0) is 37.5 Å². The second-order valence-corrected chi connectivity index (χ2v) is 5.69. The van der Waals surface area contributed by atoms with Crippen LogP contribution in [0.5, 0.6) is 0 Å². The van der Waals surface area contributed by atoms with Gasteiger partial charge in [0.25, 0.3) is 0 Å². The molecule has 1 aliphatic rings. The Morgan fingerprint density at radius 1 is 1.43 bits per heavy atom. The second-order valence-electron chi connectivity index (χ2n) is 5.69. The molecule has 1 aliphatic carbocycles. The van der Waals surface area contributed by atoms with E-state index in [0.29, 0.717) is 11.1 Å². The summed E-state index contributed by atoms with van der Waals surface area (Å²) in [4.78, 5) is 27.9. The maximum atomic E-state index is 12.0. The molecule has 1 amide bonds. The number of amides is 1. The summed E-state index contributed by atoms with van der Waals surface area (Å²) in [5, 5.41) is 6.53. The van der Waals surface area contributed by atoms with Gasteiger partial charge in [0.1, 0.15) is 0 Å². The molecule has 3 aromatic rings. The van der Waals surface area contributed by atoms with Gasteiger partial charge in [-0.25, -0.2) is 4.79 Å². The zero-order valence-electron chi connectivity index (χ0n) is 12.4. The fourth-order valence-electron chi connectivity index (χ4n) is 2.35. The maximum Gasteiger partial charge on any atom is 0.420 e. The van der Waals surface area contributed by atoms with Gasteiger partial charge in [-0.15, -0.1) is 0 Å². The Kier molecular flexibility index (Phi) is 3.03. The zero-order valence-corrected chi connectivity index (χ0v) is 12.4. The lowest BCUT2D eigenvalue weighted by atomic mass is 10.2. The Balaban J connectivity index is 1.62. The van der Waals surface area contributed by atoms with Crippen LogP contribution in [0.3, 0.4) is 0 Å². The summed E-state index contributed by atoms with van der Waals surface area (Å²) < 4.78 is 11.6. The van der Waals surface area contributed by atoms with Crippen LogP contribution in [0.2, 0.25) is 0 Å². The predicted molar refractivity (Wildman–Crippen MR) is 79.1 cm³/mol. The van der Waals surface area contributed by atoms with E-state index in [-0.39, 0.29) is 30.2 Å². The lowest BCUT2D eigenvalue weighted by Gasteiger charge is -1.98. The fourth-order valence-corrected chi connectivity index (χ4v) is 2.35. The predicted octanol–water partition coefficient (Wildman–Crippen LogP) is 1.23. The largest absolute Gasteiger partial charge is 0.420 e. The van der Waals surface area contributed by atoms with Crippen LogP contribution >= 0.6 is 0 Å². The van der Waals surface area contributed by atoms with Crippen LogP contribution in [0.25, 0.3) is 11.1 Å². The molecule has 8 nitrogen and oxygen atoms in total. The summed E-state index contributed by atoms with van der Waals surface area (Å²) in [5.41, 5.74) is 2.16. The zero-order chi connectivity index (χ0) is 16.0. The first-order chi connectivity index (χ1) is 11.1. The average Bonchev–Trinajstić information content (AvgIpc) is 3.11. The van der Waals surface area contributed by atoms with Gasteiger partial charge in [-0.2, -0.15) is 4.98 Å². The number of aryl methyl sites for hydroxylation is 1.